The van der Waals surface area contributed by atoms with Crippen LogP contribution in [0, 0.1) is 5.82 Å². The van der Waals surface area contributed by atoms with Crippen molar-refractivity contribution in [3.8, 4) is 0 Å². The average Bonchev–Trinajstić information content (AvgIpc) is 3.22. The number of likely N-dealkylation sites (N-methyl/N-ethyl adjacent to an activating group) is 1. The molecule has 0 aliphatic carbocycles. The van der Waals surface area contributed by atoms with E-state index in [4.69, 9.17) is 0 Å². The molecule has 0 spiro atoms. The first-order valence-electron chi connectivity index (χ1n) is 10.4. The topological polar surface area (TPSA) is 81.8 Å². The Morgan fingerprint density at radius 1 is 0.935 bits per heavy atom. The lowest BCUT2D eigenvalue weighted by atomic mass is 9.89. The minimum Gasteiger partial charge on any atom is -0.351 e. The van der Waals surface area contributed by atoms with Crippen molar-refractivity contribution in [2.45, 2.75) is 31.8 Å². The molecule has 2 N–H and O–H groups in total. The Bertz CT molecular complexity index is 1000. The minimum atomic E-state index is -0.579. The molecule has 1 saturated heterocycles. The van der Waals surface area contributed by atoms with Gasteiger partial charge >= 0.3 is 17.8 Å². The summed E-state index contributed by atoms with van der Waals surface area (Å²) in [4.78, 5) is 39.3. The smallest absolute Gasteiger partial charge is 0.322 e. The number of hydrogen-bond acceptors (Lipinski definition) is 3. The van der Waals surface area contributed by atoms with Gasteiger partial charge in [0.1, 0.15) is 5.82 Å². The van der Waals surface area contributed by atoms with Crippen LogP contribution in [0.15, 0.2) is 42.5 Å². The lowest BCUT2D eigenvalue weighted by Crippen LogP contribution is -2.45. The van der Waals surface area contributed by atoms with Crippen LogP contribution in [0.4, 0.5) is 14.9 Å². The molecular formula is C23H25FN4O3. The van der Waals surface area contributed by atoms with Crippen LogP contribution in [0.5, 0.6) is 0 Å². The Labute approximate surface area is 180 Å². The first-order chi connectivity index (χ1) is 14.9. The fourth-order valence-corrected chi connectivity index (χ4v) is 4.21. The fraction of sp³-hybridized carbons (Fsp3) is 0.348. The van der Waals surface area contributed by atoms with Crippen molar-refractivity contribution in [3.63, 3.8) is 0 Å². The molecule has 4 rings (SSSR count). The van der Waals surface area contributed by atoms with E-state index in [-0.39, 0.29) is 11.8 Å². The molecule has 2 aliphatic heterocycles. The molecule has 2 heterocycles. The van der Waals surface area contributed by atoms with Gasteiger partial charge in [0, 0.05) is 38.9 Å². The lowest BCUT2D eigenvalue weighted by molar-refractivity contribution is -0.146. The van der Waals surface area contributed by atoms with Crippen molar-refractivity contribution in [1.29, 1.82) is 0 Å². The molecular weight excluding hydrogens is 399 g/mol. The van der Waals surface area contributed by atoms with Gasteiger partial charge in [-0.3, -0.25) is 9.59 Å². The number of fused-ring (bicyclic) bond motifs is 1. The maximum Gasteiger partial charge on any atom is 0.322 e. The lowest BCUT2D eigenvalue weighted by Gasteiger charge is -2.31. The van der Waals surface area contributed by atoms with Crippen molar-refractivity contribution < 1.29 is 18.8 Å². The molecule has 0 aromatic heterocycles. The second kappa shape index (κ2) is 8.75. The fourth-order valence-electron chi connectivity index (χ4n) is 4.21. The molecule has 2 aromatic rings. The van der Waals surface area contributed by atoms with Gasteiger partial charge in [-0.1, -0.05) is 18.2 Å². The molecule has 0 saturated carbocycles. The number of likely N-dealkylation sites (tertiary alicyclic amines) is 1. The predicted octanol–water partition coefficient (Wildman–Crippen LogP) is 2.83. The largest absolute Gasteiger partial charge is 0.351 e. The van der Waals surface area contributed by atoms with Crippen molar-refractivity contribution in [2.24, 2.45) is 0 Å². The van der Waals surface area contributed by atoms with Gasteiger partial charge in [-0.05, 0) is 59.7 Å². The van der Waals surface area contributed by atoms with Gasteiger partial charge < -0.3 is 20.4 Å². The number of urea groups is 1. The van der Waals surface area contributed by atoms with E-state index >= 15 is 0 Å². The van der Waals surface area contributed by atoms with Crippen molar-refractivity contribution in [2.75, 3.05) is 25.5 Å². The highest BCUT2D eigenvalue weighted by atomic mass is 19.1. The number of piperidine rings is 1. The SMILES string of the molecule is CNC(=O)C(=O)N1CCC(c2ccc(NC(=O)N3Cc4ccc(F)cc4C3)cc2)CC1. The first kappa shape index (κ1) is 20.8. The van der Waals surface area contributed by atoms with E-state index in [1.807, 2.05) is 24.3 Å². The highest BCUT2D eigenvalue weighted by Crippen LogP contribution is 2.29. The molecule has 162 valence electrons. The average molecular weight is 424 g/mol. The molecule has 4 amide bonds. The van der Waals surface area contributed by atoms with Gasteiger partial charge in [-0.15, -0.1) is 0 Å². The summed E-state index contributed by atoms with van der Waals surface area (Å²) < 4.78 is 13.4. The number of nitrogens with zero attached hydrogens (tertiary/aromatic N) is 2. The third-order valence-corrected chi connectivity index (χ3v) is 6.01. The van der Waals surface area contributed by atoms with Gasteiger partial charge in [0.15, 0.2) is 0 Å². The molecule has 7 nitrogen and oxygen atoms in total. The number of amides is 4. The van der Waals surface area contributed by atoms with E-state index in [1.165, 1.54) is 19.2 Å². The van der Waals surface area contributed by atoms with Crippen LogP contribution in [0.3, 0.4) is 0 Å². The van der Waals surface area contributed by atoms with Crippen LogP contribution in [-0.4, -0.2) is 47.8 Å². The summed E-state index contributed by atoms with van der Waals surface area (Å²) in [5, 5.41) is 5.27. The molecule has 1 fully saturated rings. The zero-order valence-electron chi connectivity index (χ0n) is 17.4. The van der Waals surface area contributed by atoms with Gasteiger partial charge in [-0.2, -0.15) is 0 Å². The summed E-state index contributed by atoms with van der Waals surface area (Å²) in [6.07, 6.45) is 1.58. The number of carbonyl (C=O) groups is 3. The normalized spacial score (nSPS) is 16.1. The molecule has 0 radical (unpaired) electrons. The Balaban J connectivity index is 1.31. The predicted molar refractivity (Wildman–Crippen MR) is 114 cm³/mol. The summed E-state index contributed by atoms with van der Waals surface area (Å²) in [7, 11) is 1.45. The number of benzene rings is 2. The molecule has 31 heavy (non-hydrogen) atoms. The van der Waals surface area contributed by atoms with Crippen LogP contribution < -0.4 is 10.6 Å². The van der Waals surface area contributed by atoms with Crippen LogP contribution in [0.1, 0.15) is 35.4 Å². The second-order valence-corrected chi connectivity index (χ2v) is 7.97. The Kier molecular flexibility index (Phi) is 5.88. The highest BCUT2D eigenvalue weighted by molar-refractivity contribution is 6.34. The van der Waals surface area contributed by atoms with Gasteiger partial charge in [0.05, 0.1) is 0 Å². The standard InChI is InChI=1S/C23H25FN4O3/c1-25-21(29)22(30)27-10-8-16(9-11-27)15-3-6-20(7-4-15)26-23(31)28-13-17-2-5-19(24)12-18(17)14-28/h2-7,12,16H,8-11,13-14H2,1H3,(H,25,29)(H,26,31). The Hall–Kier alpha value is -3.42. The van der Waals surface area contributed by atoms with Crippen molar-refractivity contribution >= 4 is 23.5 Å². The number of carbonyl (C=O) groups excluding carboxylic acids is 3. The van der Waals surface area contributed by atoms with E-state index in [0.717, 1.165) is 29.5 Å². The van der Waals surface area contributed by atoms with Crippen molar-refractivity contribution in [1.82, 2.24) is 15.1 Å². The molecule has 2 aromatic carbocycles. The third kappa shape index (κ3) is 4.52. The Morgan fingerprint density at radius 3 is 2.29 bits per heavy atom. The second-order valence-electron chi connectivity index (χ2n) is 7.97. The molecule has 0 atom stereocenters. The van der Waals surface area contributed by atoms with Gasteiger partial charge in [0.2, 0.25) is 0 Å². The summed E-state index contributed by atoms with van der Waals surface area (Å²) >= 11 is 0. The van der Waals surface area contributed by atoms with E-state index in [2.05, 4.69) is 10.6 Å². The molecule has 0 bridgehead atoms. The highest BCUT2D eigenvalue weighted by Gasteiger charge is 2.27. The number of anilines is 1. The molecule has 0 unspecified atom stereocenters. The summed E-state index contributed by atoms with van der Waals surface area (Å²) in [6, 6.07) is 12.1. The monoisotopic (exact) mass is 424 g/mol. The van der Waals surface area contributed by atoms with Gasteiger partial charge in [0.25, 0.3) is 0 Å². The molecule has 2 aliphatic rings. The Morgan fingerprint density at radius 2 is 1.61 bits per heavy atom. The van der Waals surface area contributed by atoms with Crippen molar-refractivity contribution in [3.05, 3.63) is 65.0 Å². The summed E-state index contributed by atoms with van der Waals surface area (Å²) in [5.74, 6) is -1.04. The minimum absolute atomic E-state index is 0.217. The first-order valence-corrected chi connectivity index (χ1v) is 10.4. The summed E-state index contributed by atoms with van der Waals surface area (Å²) in [5.41, 5.74) is 3.65. The quantitative estimate of drug-likeness (QED) is 0.728. The number of nitrogens with one attached hydrogen (secondary N) is 2. The van der Waals surface area contributed by atoms with E-state index < -0.39 is 11.8 Å². The van der Waals surface area contributed by atoms with Crippen LogP contribution in [-0.2, 0) is 22.7 Å². The maximum atomic E-state index is 13.4. The van der Waals surface area contributed by atoms with Crippen LogP contribution in [0.25, 0.3) is 0 Å². The molecule has 8 heteroatoms. The van der Waals surface area contributed by atoms with Crippen LogP contribution >= 0.6 is 0 Å². The van der Waals surface area contributed by atoms with Gasteiger partial charge in [-0.25, -0.2) is 9.18 Å². The summed E-state index contributed by atoms with van der Waals surface area (Å²) in [6.45, 7) is 1.95. The number of hydrogen-bond donors (Lipinski definition) is 2. The third-order valence-electron chi connectivity index (χ3n) is 6.01. The zero-order valence-corrected chi connectivity index (χ0v) is 17.4. The van der Waals surface area contributed by atoms with E-state index in [1.54, 1.807) is 15.9 Å². The maximum absolute atomic E-state index is 13.4. The van der Waals surface area contributed by atoms with E-state index in [9.17, 15) is 18.8 Å². The number of rotatable bonds is 2. The van der Waals surface area contributed by atoms with E-state index in [0.29, 0.717) is 37.8 Å². The van der Waals surface area contributed by atoms with Crippen LogP contribution in [0.2, 0.25) is 0 Å². The number of halogens is 1. The zero-order chi connectivity index (χ0) is 22.0.